The molecule has 0 saturated carbocycles. The number of rotatable bonds is 5. The number of benzene rings is 1. The Bertz CT molecular complexity index is 544. The zero-order valence-corrected chi connectivity index (χ0v) is 12.7. The SMILES string of the molecule is C#CCN[C@@H]1CCc2cc(OC(=O)N(CC)CC)ccc21. The van der Waals surface area contributed by atoms with Crippen molar-refractivity contribution in [3.63, 3.8) is 0 Å². The van der Waals surface area contributed by atoms with Crippen LogP contribution in [0.4, 0.5) is 4.79 Å². The predicted octanol–water partition coefficient (Wildman–Crippen LogP) is 2.74. The van der Waals surface area contributed by atoms with Crippen LogP contribution in [0.5, 0.6) is 5.75 Å². The number of aryl methyl sites for hydroxylation is 1. The van der Waals surface area contributed by atoms with E-state index in [0.717, 1.165) is 12.8 Å². The third kappa shape index (κ3) is 3.56. The molecular weight excluding hydrogens is 264 g/mol. The van der Waals surface area contributed by atoms with Crippen LogP contribution in [0.2, 0.25) is 0 Å². The van der Waals surface area contributed by atoms with Crippen molar-refractivity contribution in [1.82, 2.24) is 10.2 Å². The highest BCUT2D eigenvalue weighted by atomic mass is 16.6. The predicted molar refractivity (Wildman–Crippen MR) is 83.3 cm³/mol. The van der Waals surface area contributed by atoms with E-state index in [1.54, 1.807) is 4.90 Å². The van der Waals surface area contributed by atoms with Gasteiger partial charge >= 0.3 is 6.09 Å². The molecular formula is C17H22N2O2. The second-order valence-corrected chi connectivity index (χ2v) is 5.08. The van der Waals surface area contributed by atoms with Gasteiger partial charge in [-0.2, -0.15) is 0 Å². The molecule has 1 aliphatic rings. The third-order valence-corrected chi connectivity index (χ3v) is 3.87. The first kappa shape index (κ1) is 15.4. The van der Waals surface area contributed by atoms with Crippen LogP contribution in [0.25, 0.3) is 0 Å². The average Bonchev–Trinajstić information content (AvgIpc) is 2.88. The first-order chi connectivity index (χ1) is 10.2. The molecule has 1 amide bonds. The molecule has 0 aromatic heterocycles. The Labute approximate surface area is 126 Å². The van der Waals surface area contributed by atoms with Gasteiger partial charge in [-0.05, 0) is 49.9 Å². The molecule has 0 bridgehead atoms. The molecule has 2 rings (SSSR count). The number of hydrogen-bond donors (Lipinski definition) is 1. The van der Waals surface area contributed by atoms with Crippen molar-refractivity contribution >= 4 is 6.09 Å². The van der Waals surface area contributed by atoms with Crippen LogP contribution in [0.3, 0.4) is 0 Å². The number of fused-ring (bicyclic) bond motifs is 1. The van der Waals surface area contributed by atoms with Crippen LogP contribution in [0.15, 0.2) is 18.2 Å². The normalized spacial score (nSPS) is 16.1. The van der Waals surface area contributed by atoms with E-state index in [1.807, 2.05) is 32.0 Å². The molecule has 21 heavy (non-hydrogen) atoms. The molecule has 0 aliphatic heterocycles. The second kappa shape index (κ2) is 7.14. The van der Waals surface area contributed by atoms with Gasteiger partial charge in [0.25, 0.3) is 0 Å². The maximum Gasteiger partial charge on any atom is 0.415 e. The van der Waals surface area contributed by atoms with Gasteiger partial charge in [-0.15, -0.1) is 6.42 Å². The molecule has 0 fully saturated rings. The summed E-state index contributed by atoms with van der Waals surface area (Å²) >= 11 is 0. The summed E-state index contributed by atoms with van der Waals surface area (Å²) < 4.78 is 5.43. The number of amides is 1. The van der Waals surface area contributed by atoms with Crippen LogP contribution < -0.4 is 10.1 Å². The zero-order chi connectivity index (χ0) is 15.2. The molecule has 1 aromatic rings. The van der Waals surface area contributed by atoms with Gasteiger partial charge in [0.05, 0.1) is 6.54 Å². The van der Waals surface area contributed by atoms with Gasteiger partial charge in [-0.3, -0.25) is 5.32 Å². The first-order valence-electron chi connectivity index (χ1n) is 7.46. The number of nitrogens with one attached hydrogen (secondary N) is 1. The second-order valence-electron chi connectivity index (χ2n) is 5.08. The van der Waals surface area contributed by atoms with Crippen molar-refractivity contribution in [1.29, 1.82) is 0 Å². The Morgan fingerprint density at radius 1 is 1.48 bits per heavy atom. The summed E-state index contributed by atoms with van der Waals surface area (Å²) in [6, 6.07) is 6.16. The number of nitrogens with zero attached hydrogens (tertiary/aromatic N) is 1. The number of hydrogen-bond acceptors (Lipinski definition) is 3. The minimum atomic E-state index is -0.292. The largest absolute Gasteiger partial charge is 0.415 e. The molecule has 4 nitrogen and oxygen atoms in total. The van der Waals surface area contributed by atoms with Gasteiger partial charge in [0, 0.05) is 19.1 Å². The monoisotopic (exact) mass is 286 g/mol. The molecule has 1 aromatic carbocycles. The molecule has 112 valence electrons. The fraction of sp³-hybridized carbons (Fsp3) is 0.471. The highest BCUT2D eigenvalue weighted by molar-refractivity contribution is 5.70. The summed E-state index contributed by atoms with van der Waals surface area (Å²) in [5.41, 5.74) is 2.49. The van der Waals surface area contributed by atoms with Crippen molar-refractivity contribution in [3.05, 3.63) is 29.3 Å². The van der Waals surface area contributed by atoms with E-state index >= 15 is 0 Å². The van der Waals surface area contributed by atoms with E-state index in [0.29, 0.717) is 31.4 Å². The molecule has 1 atom stereocenters. The Hall–Kier alpha value is -1.99. The average molecular weight is 286 g/mol. The third-order valence-electron chi connectivity index (χ3n) is 3.87. The van der Waals surface area contributed by atoms with Gasteiger partial charge < -0.3 is 9.64 Å². The first-order valence-corrected chi connectivity index (χ1v) is 7.46. The van der Waals surface area contributed by atoms with E-state index in [1.165, 1.54) is 11.1 Å². The summed E-state index contributed by atoms with van der Waals surface area (Å²) in [4.78, 5) is 13.6. The molecule has 0 spiro atoms. The lowest BCUT2D eigenvalue weighted by Gasteiger charge is -2.18. The maximum absolute atomic E-state index is 11.9. The Kier molecular flexibility index (Phi) is 5.24. The fourth-order valence-corrected chi connectivity index (χ4v) is 2.70. The fourth-order valence-electron chi connectivity index (χ4n) is 2.70. The van der Waals surface area contributed by atoms with Gasteiger partial charge in [0.15, 0.2) is 0 Å². The summed E-state index contributed by atoms with van der Waals surface area (Å²) in [6.45, 7) is 5.75. The molecule has 0 unspecified atom stereocenters. The number of terminal acetylenes is 1. The van der Waals surface area contributed by atoms with Crippen LogP contribution in [-0.2, 0) is 6.42 Å². The van der Waals surface area contributed by atoms with Crippen molar-refractivity contribution in [2.75, 3.05) is 19.6 Å². The van der Waals surface area contributed by atoms with E-state index in [4.69, 9.17) is 11.2 Å². The lowest BCUT2D eigenvalue weighted by atomic mass is 10.1. The summed E-state index contributed by atoms with van der Waals surface area (Å²) in [6.07, 6.45) is 7.01. The minimum Gasteiger partial charge on any atom is -0.410 e. The number of carbonyl (C=O) groups excluding carboxylic acids is 1. The van der Waals surface area contributed by atoms with Crippen molar-refractivity contribution in [3.8, 4) is 18.1 Å². The smallest absolute Gasteiger partial charge is 0.410 e. The Morgan fingerprint density at radius 3 is 2.90 bits per heavy atom. The minimum absolute atomic E-state index is 0.292. The Balaban J connectivity index is 2.06. The Morgan fingerprint density at radius 2 is 2.24 bits per heavy atom. The van der Waals surface area contributed by atoms with Crippen molar-refractivity contribution in [2.45, 2.75) is 32.7 Å². The highest BCUT2D eigenvalue weighted by Crippen LogP contribution is 2.33. The summed E-state index contributed by atoms with van der Waals surface area (Å²) in [7, 11) is 0. The summed E-state index contributed by atoms with van der Waals surface area (Å²) in [5, 5.41) is 3.33. The molecule has 0 radical (unpaired) electrons. The van der Waals surface area contributed by atoms with E-state index in [-0.39, 0.29) is 6.09 Å². The van der Waals surface area contributed by atoms with Gasteiger partial charge in [-0.1, -0.05) is 12.0 Å². The molecule has 1 aliphatic carbocycles. The molecule has 0 saturated heterocycles. The lowest BCUT2D eigenvalue weighted by molar-refractivity contribution is 0.157. The highest BCUT2D eigenvalue weighted by Gasteiger charge is 2.22. The maximum atomic E-state index is 11.9. The topological polar surface area (TPSA) is 41.6 Å². The van der Waals surface area contributed by atoms with Gasteiger partial charge in [0.2, 0.25) is 0 Å². The van der Waals surface area contributed by atoms with Crippen LogP contribution in [0, 0.1) is 12.3 Å². The van der Waals surface area contributed by atoms with E-state index in [2.05, 4.69) is 11.2 Å². The van der Waals surface area contributed by atoms with E-state index < -0.39 is 0 Å². The van der Waals surface area contributed by atoms with Crippen molar-refractivity contribution < 1.29 is 9.53 Å². The van der Waals surface area contributed by atoms with Gasteiger partial charge in [0.1, 0.15) is 5.75 Å². The lowest BCUT2D eigenvalue weighted by Crippen LogP contribution is -2.33. The van der Waals surface area contributed by atoms with Crippen LogP contribution >= 0.6 is 0 Å². The molecule has 1 N–H and O–H groups in total. The number of carbonyl (C=O) groups is 1. The van der Waals surface area contributed by atoms with Crippen LogP contribution in [0.1, 0.15) is 37.4 Å². The van der Waals surface area contributed by atoms with Gasteiger partial charge in [-0.25, -0.2) is 4.79 Å². The quantitative estimate of drug-likeness (QED) is 0.846. The number of ether oxygens (including phenoxy) is 1. The standard InChI is InChI=1S/C17H22N2O2/c1-4-11-18-16-10-7-13-12-14(8-9-15(13)16)21-17(20)19(5-2)6-3/h1,8-9,12,16,18H,5-7,10-11H2,2-3H3/t16-/m1/s1. The van der Waals surface area contributed by atoms with Crippen LogP contribution in [-0.4, -0.2) is 30.6 Å². The van der Waals surface area contributed by atoms with Crippen molar-refractivity contribution in [2.24, 2.45) is 0 Å². The molecule has 4 heteroatoms. The van der Waals surface area contributed by atoms with E-state index in [9.17, 15) is 4.79 Å². The molecule has 0 heterocycles. The zero-order valence-electron chi connectivity index (χ0n) is 12.7. The summed E-state index contributed by atoms with van der Waals surface area (Å²) in [5.74, 6) is 3.22.